The molecule has 0 saturated carbocycles. The minimum absolute atomic E-state index is 0.0519. The van der Waals surface area contributed by atoms with Crippen molar-refractivity contribution in [3.63, 3.8) is 0 Å². The van der Waals surface area contributed by atoms with E-state index < -0.39 is 20.9 Å². The molecule has 1 aromatic heterocycles. The van der Waals surface area contributed by atoms with Crippen LogP contribution < -0.4 is 14.4 Å². The SMILES string of the molecule is COc1ccc(OC)c(S(=O)(=O)C2CCN(c3nc(-c4ccc(F)c(Cl)c4)cs3)CC2)c1. The summed E-state index contributed by atoms with van der Waals surface area (Å²) in [4.78, 5) is 6.88. The standard InChI is InChI=1S/C22H22ClFN2O4S2/c1-29-15-4-6-20(30-2)21(12-15)32(27,28)16-7-9-26(10-8-16)22-25-19(13-31-22)14-3-5-18(24)17(23)11-14/h3-6,11-13,16H,7-10H2,1-2H3. The molecule has 0 N–H and O–H groups in total. The molecule has 1 aliphatic rings. The van der Waals surface area contributed by atoms with Gasteiger partial charge in [0.1, 0.15) is 22.2 Å². The van der Waals surface area contributed by atoms with Gasteiger partial charge >= 0.3 is 0 Å². The number of aromatic nitrogens is 1. The Hall–Kier alpha value is -2.36. The van der Waals surface area contributed by atoms with Gasteiger partial charge in [0, 0.05) is 30.1 Å². The summed E-state index contributed by atoms with van der Waals surface area (Å²) in [5.41, 5.74) is 1.45. The van der Waals surface area contributed by atoms with Gasteiger partial charge < -0.3 is 14.4 Å². The molecular weight excluding hydrogens is 475 g/mol. The summed E-state index contributed by atoms with van der Waals surface area (Å²) < 4.78 is 50.6. The fourth-order valence-electron chi connectivity index (χ4n) is 3.74. The van der Waals surface area contributed by atoms with Crippen LogP contribution in [0.5, 0.6) is 11.5 Å². The molecule has 0 spiro atoms. The van der Waals surface area contributed by atoms with E-state index in [0.717, 1.165) is 10.7 Å². The fourth-order valence-corrected chi connectivity index (χ4v) is 6.71. The van der Waals surface area contributed by atoms with Gasteiger partial charge in [-0.2, -0.15) is 0 Å². The lowest BCUT2D eigenvalue weighted by atomic mass is 10.1. The summed E-state index contributed by atoms with van der Waals surface area (Å²) in [6.45, 7) is 1.13. The van der Waals surface area contributed by atoms with E-state index >= 15 is 0 Å². The predicted octanol–water partition coefficient (Wildman–Crippen LogP) is 5.06. The number of ether oxygens (including phenoxy) is 2. The van der Waals surface area contributed by atoms with Crippen LogP contribution in [0, 0.1) is 5.82 Å². The first-order valence-electron chi connectivity index (χ1n) is 9.95. The van der Waals surface area contributed by atoms with Gasteiger partial charge in [0.2, 0.25) is 0 Å². The van der Waals surface area contributed by atoms with Crippen LogP contribution in [0.15, 0.2) is 46.7 Å². The average Bonchev–Trinajstić information content (AvgIpc) is 3.31. The van der Waals surface area contributed by atoms with Crippen LogP contribution in [-0.2, 0) is 9.84 Å². The molecule has 2 aromatic carbocycles. The fraction of sp³-hybridized carbons (Fsp3) is 0.318. The lowest BCUT2D eigenvalue weighted by Crippen LogP contribution is -2.39. The zero-order valence-corrected chi connectivity index (χ0v) is 19.9. The molecule has 170 valence electrons. The molecule has 0 bridgehead atoms. The first-order chi connectivity index (χ1) is 15.3. The third-order valence-corrected chi connectivity index (χ3v) is 9.01. The van der Waals surface area contributed by atoms with Gasteiger partial charge in [-0.1, -0.05) is 11.6 Å². The Morgan fingerprint density at radius 1 is 1.12 bits per heavy atom. The lowest BCUT2D eigenvalue weighted by molar-refractivity contribution is 0.391. The van der Waals surface area contributed by atoms with Crippen LogP contribution in [0.2, 0.25) is 5.02 Å². The van der Waals surface area contributed by atoms with Crippen molar-refractivity contribution in [3.05, 3.63) is 52.6 Å². The smallest absolute Gasteiger partial charge is 0.185 e. The largest absolute Gasteiger partial charge is 0.497 e. The Bertz CT molecular complexity index is 1220. The number of nitrogens with zero attached hydrogens (tertiary/aromatic N) is 2. The maximum atomic E-state index is 13.4. The number of sulfone groups is 1. The molecule has 0 amide bonds. The Kier molecular flexibility index (Phi) is 6.60. The van der Waals surface area contributed by atoms with Gasteiger partial charge in [-0.05, 0) is 43.2 Å². The molecule has 1 fully saturated rings. The van der Waals surface area contributed by atoms with Crippen LogP contribution in [0.3, 0.4) is 0 Å². The molecule has 32 heavy (non-hydrogen) atoms. The number of piperidine rings is 1. The van der Waals surface area contributed by atoms with Crippen molar-refractivity contribution in [1.29, 1.82) is 0 Å². The minimum Gasteiger partial charge on any atom is -0.497 e. The molecule has 6 nitrogen and oxygen atoms in total. The number of hydrogen-bond acceptors (Lipinski definition) is 7. The summed E-state index contributed by atoms with van der Waals surface area (Å²) >= 11 is 7.35. The summed E-state index contributed by atoms with van der Waals surface area (Å²) in [7, 11) is -0.633. The van der Waals surface area contributed by atoms with E-state index in [1.54, 1.807) is 24.3 Å². The number of thiazole rings is 1. The topological polar surface area (TPSA) is 68.7 Å². The lowest BCUT2D eigenvalue weighted by Gasteiger charge is -2.31. The monoisotopic (exact) mass is 496 g/mol. The van der Waals surface area contributed by atoms with E-state index in [1.807, 2.05) is 5.38 Å². The molecule has 2 heterocycles. The van der Waals surface area contributed by atoms with Crippen molar-refractivity contribution in [2.45, 2.75) is 23.0 Å². The van der Waals surface area contributed by atoms with Crippen LogP contribution in [0.4, 0.5) is 9.52 Å². The van der Waals surface area contributed by atoms with Crippen molar-refractivity contribution >= 4 is 37.9 Å². The highest BCUT2D eigenvalue weighted by atomic mass is 35.5. The highest BCUT2D eigenvalue weighted by molar-refractivity contribution is 7.92. The van der Waals surface area contributed by atoms with E-state index in [0.29, 0.717) is 43.1 Å². The molecule has 0 aliphatic carbocycles. The number of anilines is 1. The first kappa shape index (κ1) is 22.8. The predicted molar refractivity (Wildman–Crippen MR) is 124 cm³/mol. The average molecular weight is 497 g/mol. The number of hydrogen-bond donors (Lipinski definition) is 0. The van der Waals surface area contributed by atoms with Crippen molar-refractivity contribution in [3.8, 4) is 22.8 Å². The van der Waals surface area contributed by atoms with Crippen molar-refractivity contribution in [2.24, 2.45) is 0 Å². The van der Waals surface area contributed by atoms with Gasteiger partial charge in [0.05, 0.1) is 30.2 Å². The van der Waals surface area contributed by atoms with Crippen molar-refractivity contribution in [2.75, 3.05) is 32.2 Å². The normalized spacial score (nSPS) is 15.1. The summed E-state index contributed by atoms with van der Waals surface area (Å²) in [6.07, 6.45) is 0.944. The molecule has 0 atom stereocenters. The Morgan fingerprint density at radius 2 is 1.88 bits per heavy atom. The van der Waals surface area contributed by atoms with Gasteiger partial charge in [-0.3, -0.25) is 0 Å². The second-order valence-corrected chi connectivity index (χ2v) is 10.8. The second kappa shape index (κ2) is 9.25. The molecule has 4 rings (SSSR count). The van der Waals surface area contributed by atoms with E-state index in [1.165, 1.54) is 37.7 Å². The molecule has 0 radical (unpaired) electrons. The van der Waals surface area contributed by atoms with E-state index in [-0.39, 0.29) is 9.92 Å². The van der Waals surface area contributed by atoms with Crippen molar-refractivity contribution < 1.29 is 22.3 Å². The number of methoxy groups -OCH3 is 2. The Labute approximate surface area is 195 Å². The molecule has 10 heteroatoms. The third kappa shape index (κ3) is 4.42. The highest BCUT2D eigenvalue weighted by Gasteiger charge is 2.34. The van der Waals surface area contributed by atoms with Gasteiger partial charge in [-0.25, -0.2) is 17.8 Å². The molecular formula is C22H22ClFN2O4S2. The zero-order valence-electron chi connectivity index (χ0n) is 17.5. The number of rotatable bonds is 6. The summed E-state index contributed by atoms with van der Waals surface area (Å²) in [5.74, 6) is 0.315. The van der Waals surface area contributed by atoms with Crippen LogP contribution >= 0.6 is 22.9 Å². The van der Waals surface area contributed by atoms with Gasteiger partial charge in [-0.15, -0.1) is 11.3 Å². The van der Waals surface area contributed by atoms with Crippen LogP contribution in [0.1, 0.15) is 12.8 Å². The van der Waals surface area contributed by atoms with Crippen LogP contribution in [-0.4, -0.2) is 46.0 Å². The highest BCUT2D eigenvalue weighted by Crippen LogP contribution is 2.36. The number of halogens is 2. The molecule has 1 aliphatic heterocycles. The number of benzene rings is 2. The maximum absolute atomic E-state index is 13.4. The molecule has 1 saturated heterocycles. The summed E-state index contributed by atoms with van der Waals surface area (Å²) in [6, 6.07) is 9.31. The quantitative estimate of drug-likeness (QED) is 0.475. The molecule has 3 aromatic rings. The van der Waals surface area contributed by atoms with Crippen molar-refractivity contribution in [1.82, 2.24) is 4.98 Å². The van der Waals surface area contributed by atoms with E-state index in [2.05, 4.69) is 9.88 Å². The zero-order chi connectivity index (χ0) is 22.9. The third-order valence-electron chi connectivity index (χ3n) is 5.54. The van der Waals surface area contributed by atoms with E-state index in [4.69, 9.17) is 21.1 Å². The van der Waals surface area contributed by atoms with Gasteiger partial charge in [0.15, 0.2) is 15.0 Å². The van der Waals surface area contributed by atoms with E-state index in [9.17, 15) is 12.8 Å². The summed E-state index contributed by atoms with van der Waals surface area (Å²) in [5, 5.41) is 2.23. The minimum atomic E-state index is -3.59. The first-order valence-corrected chi connectivity index (χ1v) is 12.8. The second-order valence-electron chi connectivity index (χ2n) is 7.39. The Balaban J connectivity index is 1.49. The Morgan fingerprint density at radius 3 is 2.53 bits per heavy atom. The molecule has 0 unspecified atom stereocenters. The van der Waals surface area contributed by atoms with Gasteiger partial charge in [0.25, 0.3) is 0 Å². The maximum Gasteiger partial charge on any atom is 0.185 e. The van der Waals surface area contributed by atoms with Crippen LogP contribution in [0.25, 0.3) is 11.3 Å².